The van der Waals surface area contributed by atoms with Gasteiger partial charge in [-0.1, -0.05) is 37.3 Å². The number of carbonyl (C=O) groups is 2. The Morgan fingerprint density at radius 3 is 2.25 bits per heavy atom. The molecule has 180 valence electrons. The first-order valence-corrected chi connectivity index (χ1v) is 10.1. The summed E-state index contributed by atoms with van der Waals surface area (Å²) in [6.07, 6.45) is -1.93. The summed E-state index contributed by atoms with van der Waals surface area (Å²) in [5.41, 5.74) is -6.67. The molecule has 1 amide bonds. The minimum atomic E-state index is -6.06. The summed E-state index contributed by atoms with van der Waals surface area (Å²) in [5.74, 6) is -3.05. The predicted octanol–water partition coefficient (Wildman–Crippen LogP) is 4.99. The van der Waals surface area contributed by atoms with Gasteiger partial charge in [-0.25, -0.2) is 0 Å². The van der Waals surface area contributed by atoms with E-state index in [1.165, 1.54) is 0 Å². The van der Waals surface area contributed by atoms with Crippen LogP contribution in [0.5, 0.6) is 0 Å². The molecule has 0 bridgehead atoms. The van der Waals surface area contributed by atoms with Gasteiger partial charge in [-0.2, -0.15) is 26.3 Å². The summed E-state index contributed by atoms with van der Waals surface area (Å²) >= 11 is 0. The third-order valence-corrected chi connectivity index (χ3v) is 5.46. The molecular weight excluding hydrogens is 444 g/mol. The predicted molar refractivity (Wildman–Crippen MR) is 102 cm³/mol. The van der Waals surface area contributed by atoms with Gasteiger partial charge in [0, 0.05) is 12.0 Å². The van der Waals surface area contributed by atoms with Crippen molar-refractivity contribution in [3.8, 4) is 0 Å². The number of amides is 1. The van der Waals surface area contributed by atoms with Crippen molar-refractivity contribution >= 4 is 11.9 Å². The number of allylic oxidation sites excluding steroid dienone is 3. The monoisotopic (exact) mass is 469 g/mol. The van der Waals surface area contributed by atoms with Crippen LogP contribution < -0.4 is 0 Å². The lowest BCUT2D eigenvalue weighted by Gasteiger charge is -2.47. The van der Waals surface area contributed by atoms with Crippen LogP contribution in [0.4, 0.5) is 26.3 Å². The van der Waals surface area contributed by atoms with Crippen LogP contribution in [0, 0.1) is 0 Å². The second-order valence-corrected chi connectivity index (χ2v) is 7.80. The highest BCUT2D eigenvalue weighted by atomic mass is 19.4. The van der Waals surface area contributed by atoms with Crippen molar-refractivity contribution in [3.63, 3.8) is 0 Å². The number of rotatable bonds is 6. The summed E-state index contributed by atoms with van der Waals surface area (Å²) < 4.78 is 91.3. The highest BCUT2D eigenvalue weighted by molar-refractivity contribution is 5.96. The average molecular weight is 469 g/mol. The summed E-state index contributed by atoms with van der Waals surface area (Å²) in [4.78, 5) is 24.2. The van der Waals surface area contributed by atoms with E-state index in [-0.39, 0.29) is 6.42 Å². The summed E-state index contributed by atoms with van der Waals surface area (Å²) in [7, 11) is 0. The Kier molecular flexibility index (Phi) is 7.85. The van der Waals surface area contributed by atoms with Crippen LogP contribution in [0.25, 0.3) is 0 Å². The molecule has 0 spiro atoms. The van der Waals surface area contributed by atoms with Crippen molar-refractivity contribution in [2.45, 2.75) is 69.1 Å². The molecule has 11 heteroatoms. The maximum atomic E-state index is 13.6. The zero-order valence-corrected chi connectivity index (χ0v) is 17.5. The fourth-order valence-electron chi connectivity index (χ4n) is 3.90. The molecule has 0 radical (unpaired) electrons. The van der Waals surface area contributed by atoms with Gasteiger partial charge < -0.3 is 9.47 Å². The largest absolute Gasteiger partial charge is 0.457 e. The number of ether oxygens (including phenoxy) is 2. The Labute approximate surface area is 181 Å². The Morgan fingerprint density at radius 2 is 1.72 bits per heavy atom. The molecule has 1 saturated heterocycles. The van der Waals surface area contributed by atoms with Crippen molar-refractivity contribution in [2.24, 2.45) is 0 Å². The lowest BCUT2D eigenvalue weighted by atomic mass is 9.82. The molecule has 0 aromatic carbocycles. The van der Waals surface area contributed by atoms with Crippen molar-refractivity contribution in [1.29, 1.82) is 0 Å². The summed E-state index contributed by atoms with van der Waals surface area (Å²) in [5, 5.41) is 0. The number of alkyl halides is 6. The summed E-state index contributed by atoms with van der Waals surface area (Å²) in [6, 6.07) is 0. The van der Waals surface area contributed by atoms with Crippen LogP contribution in [0.15, 0.2) is 36.5 Å². The van der Waals surface area contributed by atoms with Gasteiger partial charge in [0.1, 0.15) is 12.1 Å². The standard InChI is InChI=1S/C21H25F6NO4/c1-3-4-5-7-10-18(11-8-6-9-12-18)32-16(29)13-28-17(30)15(2)14-31-19(28,20(22,23)24)21(25,26)27/h3-5,7H,2,6,8-14H2,1H3/b4-3-,7-5-. The van der Waals surface area contributed by atoms with Gasteiger partial charge in [0.25, 0.3) is 5.91 Å². The molecule has 2 aliphatic rings. The van der Waals surface area contributed by atoms with Gasteiger partial charge in [-0.15, -0.1) is 0 Å². The van der Waals surface area contributed by atoms with E-state index in [4.69, 9.17) is 4.74 Å². The molecule has 0 aromatic heterocycles. The number of carbonyl (C=O) groups excluding carboxylic acids is 2. The highest BCUT2D eigenvalue weighted by Crippen LogP contribution is 2.50. The molecule has 1 aliphatic heterocycles. The van der Waals surface area contributed by atoms with Crippen molar-refractivity contribution in [3.05, 3.63) is 36.5 Å². The molecule has 1 aliphatic carbocycles. The second kappa shape index (κ2) is 9.68. The lowest BCUT2D eigenvalue weighted by molar-refractivity contribution is -0.422. The smallest absolute Gasteiger partial charge is 0.446 e. The van der Waals surface area contributed by atoms with Gasteiger partial charge in [-0.05, 0) is 32.6 Å². The van der Waals surface area contributed by atoms with E-state index in [1.807, 2.05) is 0 Å². The maximum absolute atomic E-state index is 13.6. The third kappa shape index (κ3) is 5.19. The Balaban J connectivity index is 2.33. The van der Waals surface area contributed by atoms with Gasteiger partial charge in [0.2, 0.25) is 0 Å². The second-order valence-electron chi connectivity index (χ2n) is 7.80. The first-order chi connectivity index (χ1) is 14.8. The molecule has 2 rings (SSSR count). The van der Waals surface area contributed by atoms with Crippen molar-refractivity contribution < 1.29 is 45.4 Å². The molecule has 1 saturated carbocycles. The average Bonchev–Trinajstić information content (AvgIpc) is 2.68. The van der Waals surface area contributed by atoms with Crippen molar-refractivity contribution in [1.82, 2.24) is 4.90 Å². The lowest BCUT2D eigenvalue weighted by Crippen LogP contribution is -2.73. The third-order valence-electron chi connectivity index (χ3n) is 5.46. The molecule has 2 fully saturated rings. The first kappa shape index (κ1) is 26.0. The fraction of sp³-hybridized carbons (Fsp3) is 0.619. The van der Waals surface area contributed by atoms with Crippen LogP contribution in [0.2, 0.25) is 0 Å². The molecule has 0 unspecified atom stereocenters. The number of halogens is 6. The van der Waals surface area contributed by atoms with E-state index in [0.29, 0.717) is 25.7 Å². The molecule has 5 nitrogen and oxygen atoms in total. The minimum Gasteiger partial charge on any atom is -0.457 e. The normalized spacial score (nSPS) is 22.0. The molecular formula is C21H25F6NO4. The first-order valence-electron chi connectivity index (χ1n) is 10.1. The van der Waals surface area contributed by atoms with E-state index >= 15 is 0 Å². The van der Waals surface area contributed by atoms with E-state index in [9.17, 15) is 35.9 Å². The fourth-order valence-corrected chi connectivity index (χ4v) is 3.90. The van der Waals surface area contributed by atoms with Crippen LogP contribution in [-0.2, 0) is 19.1 Å². The topological polar surface area (TPSA) is 55.8 Å². The Hall–Kier alpha value is -2.30. The number of hydrogen-bond donors (Lipinski definition) is 0. The maximum Gasteiger partial charge on any atom is 0.446 e. The Morgan fingerprint density at radius 1 is 1.12 bits per heavy atom. The van der Waals surface area contributed by atoms with Crippen LogP contribution in [-0.4, -0.2) is 53.6 Å². The van der Waals surface area contributed by atoms with Gasteiger partial charge >= 0.3 is 24.0 Å². The molecule has 32 heavy (non-hydrogen) atoms. The zero-order chi connectivity index (χ0) is 24.2. The quantitative estimate of drug-likeness (QED) is 0.238. The van der Waals surface area contributed by atoms with Gasteiger partial charge in [0.05, 0.1) is 6.61 Å². The molecule has 0 aromatic rings. The van der Waals surface area contributed by atoms with E-state index < -0.39 is 59.2 Å². The van der Waals surface area contributed by atoms with Crippen LogP contribution in [0.1, 0.15) is 45.4 Å². The van der Waals surface area contributed by atoms with E-state index in [0.717, 1.165) is 6.42 Å². The van der Waals surface area contributed by atoms with E-state index in [2.05, 4.69) is 11.3 Å². The van der Waals surface area contributed by atoms with Crippen LogP contribution in [0.3, 0.4) is 0 Å². The molecule has 0 N–H and O–H groups in total. The Bertz CT molecular complexity index is 764. The number of nitrogens with zero attached hydrogens (tertiary/aromatic N) is 1. The van der Waals surface area contributed by atoms with Crippen LogP contribution >= 0.6 is 0 Å². The summed E-state index contributed by atoms with van der Waals surface area (Å²) in [6.45, 7) is 2.08. The zero-order valence-electron chi connectivity index (χ0n) is 17.5. The molecule has 1 heterocycles. The SMILES string of the molecule is C=C1COC(C(F)(F)F)(C(F)(F)F)N(CC(=O)OC2(C/C=C\C=C/C)CCCCC2)C1=O. The highest BCUT2D eigenvalue weighted by Gasteiger charge is 2.78. The number of esters is 1. The molecule has 0 atom stereocenters. The van der Waals surface area contributed by atoms with Crippen molar-refractivity contribution in [2.75, 3.05) is 13.2 Å². The van der Waals surface area contributed by atoms with Gasteiger partial charge in [0.15, 0.2) is 0 Å². The number of hydrogen-bond acceptors (Lipinski definition) is 4. The van der Waals surface area contributed by atoms with E-state index in [1.54, 1.807) is 31.2 Å². The van der Waals surface area contributed by atoms with Gasteiger partial charge in [-0.3, -0.25) is 14.5 Å². The minimum absolute atomic E-state index is 0.240.